The molecule has 8 nitrogen and oxygen atoms in total. The largest absolute Gasteiger partial charge is 0.370 e. The van der Waals surface area contributed by atoms with Crippen molar-refractivity contribution in [3.8, 4) is 0 Å². The fourth-order valence-electron chi connectivity index (χ4n) is 5.23. The molecule has 32 heavy (non-hydrogen) atoms. The molecule has 0 saturated carbocycles. The molecule has 8 heteroatoms. The van der Waals surface area contributed by atoms with Crippen molar-refractivity contribution in [1.82, 2.24) is 20.2 Å². The first kappa shape index (κ1) is 19.2. The van der Waals surface area contributed by atoms with Crippen LogP contribution < -0.4 is 10.6 Å². The predicted molar refractivity (Wildman–Crippen MR) is 118 cm³/mol. The first-order valence-corrected chi connectivity index (χ1v) is 10.9. The van der Waals surface area contributed by atoms with E-state index in [4.69, 9.17) is 4.74 Å². The van der Waals surface area contributed by atoms with Crippen LogP contribution in [0, 0.1) is 0 Å². The summed E-state index contributed by atoms with van der Waals surface area (Å²) >= 11 is 0. The average Bonchev–Trinajstić information content (AvgIpc) is 3.15. The second-order valence-corrected chi connectivity index (χ2v) is 8.88. The molecule has 6 rings (SSSR count). The second kappa shape index (κ2) is 7.00. The van der Waals surface area contributed by atoms with Gasteiger partial charge in [-0.25, -0.2) is 0 Å². The highest BCUT2D eigenvalue weighted by atomic mass is 16.5. The number of carbonyl (C=O) groups is 2. The number of ether oxygens (including phenoxy) is 1. The Labute approximate surface area is 185 Å². The van der Waals surface area contributed by atoms with Crippen LogP contribution >= 0.6 is 0 Å². The summed E-state index contributed by atoms with van der Waals surface area (Å²) in [5.74, 6) is -0.110. The number of nitrogens with zero attached hydrogens (tertiary/aromatic N) is 3. The lowest BCUT2D eigenvalue weighted by molar-refractivity contribution is -0.0393. The molecule has 4 heterocycles. The van der Waals surface area contributed by atoms with Crippen molar-refractivity contribution < 1.29 is 14.3 Å². The van der Waals surface area contributed by atoms with Crippen LogP contribution in [0.1, 0.15) is 40.0 Å². The monoisotopic (exact) mass is 429 g/mol. The van der Waals surface area contributed by atoms with Gasteiger partial charge in [-0.05, 0) is 37.1 Å². The van der Waals surface area contributed by atoms with Crippen molar-refractivity contribution in [1.29, 1.82) is 0 Å². The Morgan fingerprint density at radius 3 is 2.69 bits per heavy atom. The Hall–Kier alpha value is -3.52. The Kier molecular flexibility index (Phi) is 4.19. The maximum Gasteiger partial charge on any atom is 0.256 e. The number of benzene rings is 2. The molecule has 2 N–H and O–H groups in total. The van der Waals surface area contributed by atoms with Crippen LogP contribution in [0.2, 0.25) is 0 Å². The Bertz CT molecular complexity index is 1230. The molecule has 0 bridgehead atoms. The van der Waals surface area contributed by atoms with Crippen LogP contribution in [-0.2, 0) is 4.74 Å². The van der Waals surface area contributed by atoms with Gasteiger partial charge in [0, 0.05) is 37.6 Å². The van der Waals surface area contributed by atoms with E-state index in [0.29, 0.717) is 48.3 Å². The van der Waals surface area contributed by atoms with Crippen molar-refractivity contribution in [2.24, 2.45) is 0 Å². The lowest BCUT2D eigenvalue weighted by Crippen LogP contribution is -2.59. The molecule has 3 aromatic rings. The number of likely N-dealkylation sites (tertiary alicyclic amines) is 1. The zero-order chi connectivity index (χ0) is 21.8. The summed E-state index contributed by atoms with van der Waals surface area (Å²) in [6, 6.07) is 13.0. The summed E-state index contributed by atoms with van der Waals surface area (Å²) in [6.45, 7) is 1.59. The molecule has 1 unspecified atom stereocenters. The van der Waals surface area contributed by atoms with Gasteiger partial charge in [0.15, 0.2) is 0 Å². The van der Waals surface area contributed by atoms with Crippen LogP contribution in [0.3, 0.4) is 0 Å². The molecule has 3 aliphatic rings. The van der Waals surface area contributed by atoms with E-state index in [-0.39, 0.29) is 17.4 Å². The second-order valence-electron chi connectivity index (χ2n) is 8.88. The maximum absolute atomic E-state index is 13.2. The number of rotatable bonds is 1. The Balaban J connectivity index is 1.18. The number of nitrogens with one attached hydrogen (secondary N) is 2. The van der Waals surface area contributed by atoms with Crippen LogP contribution in [0.25, 0.3) is 11.0 Å². The number of para-hydroxylation sites is 2. The molecular weight excluding hydrogens is 406 g/mol. The van der Waals surface area contributed by atoms with Crippen LogP contribution in [0.4, 0.5) is 5.69 Å². The molecule has 1 aromatic heterocycles. The van der Waals surface area contributed by atoms with Crippen molar-refractivity contribution in [3.63, 3.8) is 0 Å². The maximum atomic E-state index is 13.2. The van der Waals surface area contributed by atoms with Gasteiger partial charge in [0.1, 0.15) is 11.2 Å². The topological polar surface area (TPSA) is 96.5 Å². The van der Waals surface area contributed by atoms with Gasteiger partial charge in [-0.15, -0.1) is 0 Å². The molecule has 2 aromatic carbocycles. The third-order valence-corrected chi connectivity index (χ3v) is 6.84. The minimum absolute atomic E-state index is 0.0309. The van der Waals surface area contributed by atoms with Crippen molar-refractivity contribution in [2.45, 2.75) is 30.5 Å². The Morgan fingerprint density at radius 1 is 1.00 bits per heavy atom. The third kappa shape index (κ3) is 3.02. The quantitative estimate of drug-likeness (QED) is 0.617. The number of aromatic nitrogens is 2. The minimum atomic E-state index is -0.608. The molecule has 2 spiro atoms. The molecule has 3 aliphatic heterocycles. The zero-order valence-electron chi connectivity index (χ0n) is 17.5. The SMILES string of the molecule is O=C1NC2(COC3(CCN(C(=O)c4cccc5nccnc45)CC3)C2)Nc2ccccc21. The number of anilines is 1. The molecule has 162 valence electrons. The van der Waals surface area contributed by atoms with E-state index < -0.39 is 5.66 Å². The van der Waals surface area contributed by atoms with E-state index in [1.54, 1.807) is 12.4 Å². The first-order chi connectivity index (χ1) is 15.6. The number of carbonyl (C=O) groups excluding carboxylic acids is 2. The highest BCUT2D eigenvalue weighted by Crippen LogP contribution is 2.43. The highest BCUT2D eigenvalue weighted by molar-refractivity contribution is 6.04. The van der Waals surface area contributed by atoms with Gasteiger partial charge in [-0.3, -0.25) is 19.6 Å². The Morgan fingerprint density at radius 2 is 1.81 bits per heavy atom. The number of fused-ring (bicyclic) bond motifs is 2. The molecular formula is C24H23N5O3. The van der Waals surface area contributed by atoms with E-state index >= 15 is 0 Å². The molecule has 2 fully saturated rings. The molecule has 0 radical (unpaired) electrons. The number of hydrogen-bond donors (Lipinski definition) is 2. The standard InChI is InChI=1S/C24H23N5O3/c30-21-16-4-1-2-6-18(16)27-24(28-21)14-23(32-15-24)8-12-29(13-9-23)22(31)17-5-3-7-19-20(17)26-11-10-25-19/h1-7,10-11,27H,8-9,12-15H2,(H,28,30). The van der Waals surface area contributed by atoms with E-state index in [9.17, 15) is 9.59 Å². The highest BCUT2D eigenvalue weighted by Gasteiger charge is 2.53. The molecule has 1 atom stereocenters. The van der Waals surface area contributed by atoms with Gasteiger partial charge in [0.2, 0.25) is 0 Å². The third-order valence-electron chi connectivity index (χ3n) is 6.84. The van der Waals surface area contributed by atoms with E-state index in [0.717, 1.165) is 18.5 Å². The van der Waals surface area contributed by atoms with Crippen LogP contribution in [0.15, 0.2) is 54.9 Å². The smallest absolute Gasteiger partial charge is 0.256 e. The normalized spacial score (nSPS) is 23.8. The average molecular weight is 429 g/mol. The van der Waals surface area contributed by atoms with Crippen molar-refractivity contribution >= 4 is 28.5 Å². The van der Waals surface area contributed by atoms with E-state index in [1.807, 2.05) is 47.4 Å². The fourth-order valence-corrected chi connectivity index (χ4v) is 5.23. The number of hydrogen-bond acceptors (Lipinski definition) is 6. The first-order valence-electron chi connectivity index (χ1n) is 10.9. The van der Waals surface area contributed by atoms with Gasteiger partial charge in [-0.2, -0.15) is 0 Å². The fraction of sp³-hybridized carbons (Fsp3) is 0.333. The lowest BCUT2D eigenvalue weighted by atomic mass is 9.84. The van der Waals surface area contributed by atoms with E-state index in [2.05, 4.69) is 20.6 Å². The number of piperidine rings is 1. The number of amides is 2. The summed E-state index contributed by atoms with van der Waals surface area (Å²) < 4.78 is 6.30. The molecule has 0 aliphatic carbocycles. The zero-order valence-corrected chi connectivity index (χ0v) is 17.5. The molecule has 2 saturated heterocycles. The van der Waals surface area contributed by atoms with Gasteiger partial charge in [0.25, 0.3) is 11.8 Å². The summed E-state index contributed by atoms with van der Waals surface area (Å²) in [7, 11) is 0. The van der Waals surface area contributed by atoms with Gasteiger partial charge >= 0.3 is 0 Å². The van der Waals surface area contributed by atoms with Crippen molar-refractivity contribution in [2.75, 3.05) is 25.0 Å². The van der Waals surface area contributed by atoms with Gasteiger partial charge in [0.05, 0.1) is 28.9 Å². The summed E-state index contributed by atoms with van der Waals surface area (Å²) in [4.78, 5) is 36.4. The summed E-state index contributed by atoms with van der Waals surface area (Å²) in [5, 5.41) is 6.63. The summed E-state index contributed by atoms with van der Waals surface area (Å²) in [6.07, 6.45) is 5.35. The minimum Gasteiger partial charge on any atom is -0.370 e. The predicted octanol–water partition coefficient (Wildman–Crippen LogP) is 2.58. The van der Waals surface area contributed by atoms with Crippen LogP contribution in [0.5, 0.6) is 0 Å². The van der Waals surface area contributed by atoms with Crippen LogP contribution in [-0.4, -0.2) is 57.6 Å². The van der Waals surface area contributed by atoms with Gasteiger partial charge < -0.3 is 20.3 Å². The van der Waals surface area contributed by atoms with E-state index in [1.165, 1.54) is 0 Å². The van der Waals surface area contributed by atoms with Gasteiger partial charge in [-0.1, -0.05) is 18.2 Å². The summed E-state index contributed by atoms with van der Waals surface area (Å²) in [5.41, 5.74) is 2.44. The molecule has 2 amide bonds. The lowest BCUT2D eigenvalue weighted by Gasteiger charge is -2.41. The van der Waals surface area contributed by atoms with Crippen molar-refractivity contribution in [3.05, 3.63) is 66.0 Å².